The molecule has 1 rings (SSSR count). The van der Waals surface area contributed by atoms with E-state index < -0.39 is 0 Å². The summed E-state index contributed by atoms with van der Waals surface area (Å²) in [6, 6.07) is 9.68. The molecule has 0 saturated carbocycles. The van der Waals surface area contributed by atoms with Crippen LogP contribution in [0.15, 0.2) is 30.3 Å². The van der Waals surface area contributed by atoms with Gasteiger partial charge in [0.15, 0.2) is 0 Å². The van der Waals surface area contributed by atoms with Crippen molar-refractivity contribution in [1.29, 1.82) is 0 Å². The van der Waals surface area contributed by atoms with E-state index in [2.05, 4.69) is 10.8 Å². The topological polar surface area (TPSA) is 51.6 Å². The Morgan fingerprint density at radius 1 is 1.42 bits per heavy atom. The number of hydrogen-bond acceptors (Lipinski definition) is 3. The van der Waals surface area contributed by atoms with Crippen LogP contribution in [0.4, 0.5) is 0 Å². The fourth-order valence-electron chi connectivity index (χ4n) is 0.557. The molecule has 1 aromatic carbocycles. The van der Waals surface area contributed by atoms with Crippen LogP contribution in [0.1, 0.15) is 0 Å². The summed E-state index contributed by atoms with van der Waals surface area (Å²) in [6.45, 7) is 5.84. The molecule has 0 radical (unpaired) electrons. The Morgan fingerprint density at radius 2 is 1.92 bits per heavy atom. The number of nitrogens with two attached hydrogens (primary N) is 1. The van der Waals surface area contributed by atoms with Gasteiger partial charge in [-0.05, 0) is 12.1 Å². The lowest BCUT2D eigenvalue weighted by Gasteiger charge is -1.93. The Bertz CT molecular complexity index is 230. The molecule has 0 aromatic heterocycles. The summed E-state index contributed by atoms with van der Waals surface area (Å²) in [5.74, 6) is 5.33. The second-order valence-corrected chi connectivity index (χ2v) is 1.76. The van der Waals surface area contributed by atoms with Crippen molar-refractivity contribution in [1.82, 2.24) is 5.53 Å². The van der Waals surface area contributed by atoms with Crippen LogP contribution in [0.3, 0.4) is 0 Å². The smallest absolute Gasteiger partial charge is 0.118 e. The molecule has 0 heterocycles. The van der Waals surface area contributed by atoms with Gasteiger partial charge in [-0.1, -0.05) is 23.7 Å². The second kappa shape index (κ2) is 7.38. The molecule has 1 aromatic rings. The molecule has 0 fully saturated rings. The molecule has 0 aliphatic carbocycles. The summed E-state index contributed by atoms with van der Waals surface area (Å²) in [5, 5.41) is 0. The number of ether oxygens (including phenoxy) is 1. The maximum Gasteiger partial charge on any atom is 0.118 e. The van der Waals surface area contributed by atoms with Crippen molar-refractivity contribution < 1.29 is 4.74 Å². The lowest BCUT2D eigenvalue weighted by Crippen LogP contribution is -2.09. The number of benzene rings is 1. The van der Waals surface area contributed by atoms with Gasteiger partial charge in [-0.15, -0.1) is 4.95 Å². The van der Waals surface area contributed by atoms with Gasteiger partial charge in [0.1, 0.15) is 5.75 Å². The minimum absolute atomic E-state index is 0.910. The molecular formula is C8H11N3O. The first kappa shape index (κ1) is 10.3. The number of para-hydroxylation sites is 1. The molecule has 0 spiro atoms. The average Bonchev–Trinajstić information content (AvgIpc) is 2.19. The van der Waals surface area contributed by atoms with Crippen LogP contribution in [0, 0.1) is 6.57 Å². The highest BCUT2D eigenvalue weighted by Gasteiger charge is 1.80. The Hall–Kier alpha value is -1.73. The van der Waals surface area contributed by atoms with E-state index in [4.69, 9.17) is 11.3 Å². The first-order chi connectivity index (χ1) is 5.85. The Labute approximate surface area is 71.7 Å². The lowest BCUT2D eigenvalue weighted by molar-refractivity contribution is 0.415. The second-order valence-electron chi connectivity index (χ2n) is 1.76. The molecular weight excluding hydrogens is 154 g/mol. The first-order valence-electron chi connectivity index (χ1n) is 3.26. The van der Waals surface area contributed by atoms with Gasteiger partial charge in [0, 0.05) is 0 Å². The number of nitrogens with one attached hydrogen (secondary N) is 1. The molecule has 64 valence electrons. The number of methoxy groups -OCH3 is 1. The lowest BCUT2D eigenvalue weighted by atomic mass is 10.3. The van der Waals surface area contributed by atoms with Crippen molar-refractivity contribution in [3.8, 4) is 5.75 Å². The molecule has 0 bridgehead atoms. The normalized spacial score (nSPS) is 7.08. The first-order valence-corrected chi connectivity index (χ1v) is 3.26. The van der Waals surface area contributed by atoms with Gasteiger partial charge in [-0.25, -0.2) is 0 Å². The molecule has 3 N–H and O–H groups in total. The predicted molar refractivity (Wildman–Crippen MR) is 46.9 cm³/mol. The highest BCUT2D eigenvalue weighted by atomic mass is 16.5. The van der Waals surface area contributed by atoms with Gasteiger partial charge >= 0.3 is 0 Å². The van der Waals surface area contributed by atoms with Crippen LogP contribution in [-0.2, 0) is 0 Å². The molecule has 0 aliphatic rings. The fraction of sp³-hybridized carbons (Fsp3) is 0.125. The molecule has 4 nitrogen and oxygen atoms in total. The quantitative estimate of drug-likeness (QED) is 0.370. The fourth-order valence-corrected chi connectivity index (χ4v) is 0.557. The number of rotatable bonds is 1. The predicted octanol–water partition coefficient (Wildman–Crippen LogP) is 0.979. The van der Waals surface area contributed by atoms with Crippen molar-refractivity contribution in [3.05, 3.63) is 41.9 Å². The summed E-state index contributed by atoms with van der Waals surface area (Å²) in [4.78, 5) is 2.51. The highest BCUT2D eigenvalue weighted by Crippen LogP contribution is 2.05. The average molecular weight is 165 g/mol. The van der Waals surface area contributed by atoms with Crippen LogP contribution < -0.4 is 16.1 Å². The van der Waals surface area contributed by atoms with E-state index in [0.717, 1.165) is 5.75 Å². The largest absolute Gasteiger partial charge is 0.497 e. The zero-order chi connectivity index (χ0) is 9.23. The third-order valence-electron chi connectivity index (χ3n) is 1.04. The Balaban J connectivity index is 0.000000261. The Morgan fingerprint density at radius 3 is 2.17 bits per heavy atom. The van der Waals surface area contributed by atoms with Crippen molar-refractivity contribution in [2.45, 2.75) is 0 Å². The number of nitrogens with zero attached hydrogens (tertiary/aromatic N) is 1. The highest BCUT2D eigenvalue weighted by molar-refractivity contribution is 5.20. The van der Waals surface area contributed by atoms with E-state index in [1.165, 1.54) is 0 Å². The van der Waals surface area contributed by atoms with Crippen LogP contribution >= 0.6 is 0 Å². The van der Waals surface area contributed by atoms with Crippen LogP contribution in [0.5, 0.6) is 5.75 Å². The minimum Gasteiger partial charge on any atom is -0.497 e. The maximum absolute atomic E-state index is 5.84. The molecule has 0 saturated heterocycles. The summed E-state index contributed by atoms with van der Waals surface area (Å²) in [5.41, 5.74) is 1.72. The van der Waals surface area contributed by atoms with Gasteiger partial charge in [-0.3, -0.25) is 0 Å². The van der Waals surface area contributed by atoms with Crippen LogP contribution in [-0.4, -0.2) is 7.11 Å². The molecule has 0 atom stereocenters. The summed E-state index contributed by atoms with van der Waals surface area (Å²) in [7, 11) is 1.66. The molecule has 0 unspecified atom stereocenters. The van der Waals surface area contributed by atoms with E-state index in [9.17, 15) is 0 Å². The standard InChI is InChI=1S/C7H8O.CH3N3/c1-8-7-5-3-2-4-6-7;1-3-4-2/h2-6H,1H3;4H,2H2. The van der Waals surface area contributed by atoms with Gasteiger partial charge in [-0.2, -0.15) is 12.4 Å². The summed E-state index contributed by atoms with van der Waals surface area (Å²) < 4.78 is 4.91. The van der Waals surface area contributed by atoms with Gasteiger partial charge in [0.25, 0.3) is 0 Å². The monoisotopic (exact) mass is 165 g/mol. The third kappa shape index (κ3) is 5.09. The summed E-state index contributed by atoms with van der Waals surface area (Å²) in [6.07, 6.45) is 0. The van der Waals surface area contributed by atoms with E-state index in [0.29, 0.717) is 0 Å². The van der Waals surface area contributed by atoms with Gasteiger partial charge in [0.2, 0.25) is 0 Å². The van der Waals surface area contributed by atoms with Gasteiger partial charge < -0.3 is 4.74 Å². The number of hydrogen-bond donors (Lipinski definition) is 2. The van der Waals surface area contributed by atoms with E-state index >= 15 is 0 Å². The minimum atomic E-state index is 0.910. The summed E-state index contributed by atoms with van der Waals surface area (Å²) >= 11 is 0. The van der Waals surface area contributed by atoms with E-state index in [1.54, 1.807) is 12.6 Å². The van der Waals surface area contributed by atoms with Crippen molar-refractivity contribution in [3.63, 3.8) is 0 Å². The van der Waals surface area contributed by atoms with Crippen molar-refractivity contribution in [2.24, 2.45) is 5.84 Å². The SMILES string of the molecule is COc1ccccc1.[C-]#[N+]NN. The third-order valence-corrected chi connectivity index (χ3v) is 1.04. The molecule has 12 heavy (non-hydrogen) atoms. The zero-order valence-corrected chi connectivity index (χ0v) is 6.82. The molecule has 0 aliphatic heterocycles. The maximum atomic E-state index is 5.84. The van der Waals surface area contributed by atoms with E-state index in [1.807, 2.05) is 30.3 Å². The zero-order valence-electron chi connectivity index (χ0n) is 6.82. The van der Waals surface area contributed by atoms with Gasteiger partial charge in [0.05, 0.1) is 7.11 Å². The number of hydrazine groups is 1. The molecule has 4 heteroatoms. The van der Waals surface area contributed by atoms with Crippen molar-refractivity contribution >= 4 is 0 Å². The van der Waals surface area contributed by atoms with Crippen LogP contribution in [0.25, 0.3) is 4.95 Å². The molecule has 0 amide bonds. The van der Waals surface area contributed by atoms with E-state index in [-0.39, 0.29) is 0 Å². The Kier molecular flexibility index (Phi) is 6.31. The van der Waals surface area contributed by atoms with Crippen molar-refractivity contribution in [2.75, 3.05) is 7.11 Å². The van der Waals surface area contributed by atoms with Crippen LogP contribution in [0.2, 0.25) is 0 Å².